The number of nitrogens with one attached hydrogen (secondary N) is 3. The number of carbonyl (C=O) groups is 1. The molecule has 1 aromatic heterocycles. The van der Waals surface area contributed by atoms with Crippen molar-refractivity contribution in [3.63, 3.8) is 0 Å². The molecule has 2 aromatic rings. The molecule has 1 amide bonds. The van der Waals surface area contributed by atoms with Gasteiger partial charge in [0, 0.05) is 18.3 Å². The van der Waals surface area contributed by atoms with Crippen molar-refractivity contribution in [3.8, 4) is 11.6 Å². The second-order valence-electron chi connectivity index (χ2n) is 10.2. The largest absolute Gasteiger partial charge is 0.495 e. The molecule has 17 heteroatoms. The number of halogens is 5. The van der Waals surface area contributed by atoms with Crippen molar-refractivity contribution >= 4 is 39.2 Å². The average Bonchev–Trinajstić information content (AvgIpc) is 3.35. The van der Waals surface area contributed by atoms with E-state index in [9.17, 15) is 26.4 Å². The van der Waals surface area contributed by atoms with E-state index in [1.165, 1.54) is 13.2 Å². The van der Waals surface area contributed by atoms with Gasteiger partial charge in [-0.25, -0.2) is 22.5 Å². The summed E-state index contributed by atoms with van der Waals surface area (Å²) in [4.78, 5) is 22.5. The van der Waals surface area contributed by atoms with E-state index in [4.69, 9.17) is 21.1 Å². The molecule has 1 aromatic carbocycles. The number of hydrogen-bond acceptors (Lipinski definition) is 9. The highest BCUT2D eigenvalue weighted by molar-refractivity contribution is 7.90. The zero-order chi connectivity index (χ0) is 30.7. The molecule has 0 radical (unpaired) electrons. The Labute approximate surface area is 245 Å². The van der Waals surface area contributed by atoms with Crippen molar-refractivity contribution in [1.82, 2.24) is 24.9 Å². The number of rotatable bonds is 10. The van der Waals surface area contributed by atoms with Crippen LogP contribution in [0, 0.1) is 5.82 Å². The van der Waals surface area contributed by atoms with Gasteiger partial charge >= 0.3 is 6.18 Å². The van der Waals surface area contributed by atoms with Crippen molar-refractivity contribution in [1.29, 1.82) is 0 Å². The maximum atomic E-state index is 15.1. The molecule has 1 aliphatic heterocycles. The molecule has 11 nitrogen and oxygen atoms in total. The third-order valence-electron chi connectivity index (χ3n) is 7.08. The first-order valence-corrected chi connectivity index (χ1v) is 15.3. The third kappa shape index (κ3) is 7.90. The van der Waals surface area contributed by atoms with Crippen LogP contribution >= 0.6 is 11.6 Å². The number of ether oxygens (including phenoxy) is 2. The highest BCUT2D eigenvalue weighted by Gasteiger charge is 2.39. The van der Waals surface area contributed by atoms with Gasteiger partial charge in [-0.2, -0.15) is 18.2 Å². The minimum atomic E-state index is -4.88. The van der Waals surface area contributed by atoms with Crippen LogP contribution in [0.1, 0.15) is 48.0 Å². The Balaban J connectivity index is 1.56. The second-order valence-corrected chi connectivity index (χ2v) is 12.5. The van der Waals surface area contributed by atoms with E-state index in [0.29, 0.717) is 19.0 Å². The lowest BCUT2D eigenvalue weighted by molar-refractivity contribution is -0.140. The third-order valence-corrected chi connectivity index (χ3v) is 8.89. The highest BCUT2D eigenvalue weighted by atomic mass is 35.5. The van der Waals surface area contributed by atoms with E-state index in [1.807, 2.05) is 7.05 Å². The lowest BCUT2D eigenvalue weighted by Gasteiger charge is -2.29. The summed E-state index contributed by atoms with van der Waals surface area (Å²) < 4.78 is 93.4. The van der Waals surface area contributed by atoms with Crippen LogP contribution < -0.4 is 24.8 Å². The molecule has 0 bridgehead atoms. The van der Waals surface area contributed by atoms with E-state index in [1.54, 1.807) is 0 Å². The van der Waals surface area contributed by atoms with E-state index >= 15 is 4.39 Å². The van der Waals surface area contributed by atoms with Crippen molar-refractivity contribution in [3.05, 3.63) is 35.3 Å². The predicted molar refractivity (Wildman–Crippen MR) is 146 cm³/mol. The number of piperidine rings is 1. The minimum absolute atomic E-state index is 0.0160. The zero-order valence-corrected chi connectivity index (χ0v) is 24.4. The summed E-state index contributed by atoms with van der Waals surface area (Å²) in [5.74, 6) is -2.72. The van der Waals surface area contributed by atoms with Gasteiger partial charge in [-0.1, -0.05) is 0 Å². The number of amides is 1. The quantitative estimate of drug-likeness (QED) is 0.263. The monoisotopic (exact) mass is 638 g/mol. The Hall–Kier alpha value is -2.95. The molecule has 1 saturated heterocycles. The Kier molecular flexibility index (Phi) is 10.0. The number of sulfonamides is 1. The van der Waals surface area contributed by atoms with Crippen LogP contribution in [0.25, 0.3) is 0 Å². The summed E-state index contributed by atoms with van der Waals surface area (Å²) in [7, 11) is -0.606. The van der Waals surface area contributed by atoms with Gasteiger partial charge in [-0.3, -0.25) is 4.79 Å². The van der Waals surface area contributed by atoms with Crippen molar-refractivity contribution < 1.29 is 40.2 Å². The maximum Gasteiger partial charge on any atom is 0.423 e. The number of anilines is 2. The zero-order valence-electron chi connectivity index (χ0n) is 22.8. The molecule has 2 fully saturated rings. The molecule has 0 spiro atoms. The van der Waals surface area contributed by atoms with Crippen molar-refractivity contribution in [2.24, 2.45) is 0 Å². The van der Waals surface area contributed by atoms with Crippen LogP contribution in [0.4, 0.5) is 29.2 Å². The van der Waals surface area contributed by atoms with E-state index in [-0.39, 0.29) is 35.4 Å². The highest BCUT2D eigenvalue weighted by Crippen LogP contribution is 2.38. The molecule has 42 heavy (non-hydrogen) atoms. The first kappa shape index (κ1) is 32.0. The molecule has 0 unspecified atom stereocenters. The fourth-order valence-corrected chi connectivity index (χ4v) is 5.83. The van der Waals surface area contributed by atoms with Crippen LogP contribution in [-0.2, 0) is 16.2 Å². The van der Waals surface area contributed by atoms with Gasteiger partial charge in [0.05, 0.1) is 24.4 Å². The lowest BCUT2D eigenvalue weighted by atomic mass is 10.0. The smallest absolute Gasteiger partial charge is 0.423 e. The summed E-state index contributed by atoms with van der Waals surface area (Å²) in [6, 6.07) is 1.21. The molecule has 2 heterocycles. The van der Waals surface area contributed by atoms with E-state index in [2.05, 4.69) is 30.2 Å². The van der Waals surface area contributed by atoms with Crippen LogP contribution in [0.3, 0.4) is 0 Å². The number of likely N-dealkylation sites (tertiary alicyclic amines) is 1. The fourth-order valence-electron chi connectivity index (χ4n) is 4.85. The topological polar surface area (TPSA) is 135 Å². The second kappa shape index (κ2) is 13.1. The Bertz CT molecular complexity index is 1390. The fraction of sp³-hybridized carbons (Fsp3) is 0.560. The standard InChI is InChI=1S/C25H31ClF4N6O5S/c1-36-8-6-14(7-9-36)32-22(37)15-10-21(40-2)19(11-17(15)27)33-24-31-12-16(25(28,29)30)23(34-24)41-20-5-3-4-18(20)35-42(38,39)13-26/h10-12,14,18,20,35H,3-9,13H2,1-2H3,(H,32,37)(H,31,33,34)/t18-,20-/m1/s1. The normalized spacial score (nSPS) is 20.4. The van der Waals surface area contributed by atoms with Crippen LogP contribution in [0.15, 0.2) is 18.3 Å². The number of carbonyl (C=O) groups excluding carboxylic acids is 1. The SMILES string of the molecule is COc1cc(C(=O)NC2CCN(C)CC2)c(F)cc1Nc1ncc(C(F)(F)F)c(O[C@@H]2CCC[C@H]2NS(=O)(=O)CCl)n1. The Morgan fingerprint density at radius 2 is 1.90 bits per heavy atom. The summed E-state index contributed by atoms with van der Waals surface area (Å²) in [5, 5.41) is 4.72. The lowest BCUT2D eigenvalue weighted by Crippen LogP contribution is -2.43. The maximum absolute atomic E-state index is 15.1. The molecule has 232 valence electrons. The van der Waals surface area contributed by atoms with Gasteiger partial charge in [-0.15, -0.1) is 11.6 Å². The van der Waals surface area contributed by atoms with E-state index < -0.39 is 56.7 Å². The summed E-state index contributed by atoms with van der Waals surface area (Å²) >= 11 is 5.44. The number of nitrogens with zero attached hydrogens (tertiary/aromatic N) is 3. The van der Waals surface area contributed by atoms with Gasteiger partial charge in [0.1, 0.15) is 28.4 Å². The minimum Gasteiger partial charge on any atom is -0.495 e. The summed E-state index contributed by atoms with van der Waals surface area (Å²) in [6.07, 6.45) is -2.82. The number of alkyl halides is 4. The summed E-state index contributed by atoms with van der Waals surface area (Å²) in [6.45, 7) is 1.59. The average molecular weight is 639 g/mol. The number of benzene rings is 1. The summed E-state index contributed by atoms with van der Waals surface area (Å²) in [5.41, 5.74) is -1.59. The molecule has 1 aliphatic carbocycles. The van der Waals surface area contributed by atoms with Gasteiger partial charge in [0.2, 0.25) is 21.9 Å². The molecule has 2 atom stereocenters. The predicted octanol–water partition coefficient (Wildman–Crippen LogP) is 3.63. The number of hydrogen-bond donors (Lipinski definition) is 3. The molecule has 4 rings (SSSR count). The van der Waals surface area contributed by atoms with Crippen LogP contribution in [0.5, 0.6) is 11.6 Å². The van der Waals surface area contributed by atoms with Gasteiger partial charge in [0.15, 0.2) is 0 Å². The molecular formula is C25H31ClF4N6O5S. The van der Waals surface area contributed by atoms with Crippen molar-refractivity contribution in [2.45, 2.75) is 56.5 Å². The van der Waals surface area contributed by atoms with E-state index in [0.717, 1.165) is 32.0 Å². The van der Waals surface area contributed by atoms with Crippen LogP contribution in [-0.4, -0.2) is 79.8 Å². The number of aromatic nitrogens is 2. The first-order chi connectivity index (χ1) is 19.8. The Morgan fingerprint density at radius 1 is 1.19 bits per heavy atom. The van der Waals surface area contributed by atoms with Crippen molar-refractivity contribution in [2.75, 3.05) is 37.8 Å². The first-order valence-electron chi connectivity index (χ1n) is 13.1. The molecule has 2 aliphatic rings. The van der Waals surface area contributed by atoms with Gasteiger partial charge < -0.3 is 25.0 Å². The molecule has 3 N–H and O–H groups in total. The molecular weight excluding hydrogens is 608 g/mol. The van der Waals surface area contributed by atoms with Crippen LogP contribution in [0.2, 0.25) is 0 Å². The van der Waals surface area contributed by atoms with Gasteiger partial charge in [-0.05, 0) is 58.3 Å². The Morgan fingerprint density at radius 3 is 2.55 bits per heavy atom. The number of methoxy groups -OCH3 is 1. The molecule has 1 saturated carbocycles. The van der Waals surface area contributed by atoms with Gasteiger partial charge in [0.25, 0.3) is 5.91 Å².